The molecule has 9 nitrogen and oxygen atoms in total. The number of nitrogen functional groups attached to an aromatic ring is 1. The topological polar surface area (TPSA) is 118 Å². The molecule has 3 aromatic rings. The third-order valence-electron chi connectivity index (χ3n) is 6.23. The van der Waals surface area contributed by atoms with E-state index in [-0.39, 0.29) is 23.4 Å². The third kappa shape index (κ3) is 8.38. The molecule has 0 radical (unpaired) electrons. The van der Waals surface area contributed by atoms with Gasteiger partial charge in [0.25, 0.3) is 5.91 Å². The van der Waals surface area contributed by atoms with Gasteiger partial charge < -0.3 is 36.1 Å². The maximum Gasteiger partial charge on any atom is 0.319 e. The highest BCUT2D eigenvalue weighted by atomic mass is 16.5. The van der Waals surface area contributed by atoms with Gasteiger partial charge in [0, 0.05) is 23.9 Å². The summed E-state index contributed by atoms with van der Waals surface area (Å²) in [6.07, 6.45) is 0.677. The summed E-state index contributed by atoms with van der Waals surface area (Å²) in [6, 6.07) is 18.9. The van der Waals surface area contributed by atoms with E-state index in [4.69, 9.17) is 15.2 Å². The number of anilines is 3. The van der Waals surface area contributed by atoms with Crippen molar-refractivity contribution >= 4 is 29.0 Å². The maximum absolute atomic E-state index is 13.1. The normalized spacial score (nSPS) is 12.0. The summed E-state index contributed by atoms with van der Waals surface area (Å²) < 4.78 is 10.6. The van der Waals surface area contributed by atoms with Crippen molar-refractivity contribution in [2.75, 3.05) is 51.2 Å². The summed E-state index contributed by atoms with van der Waals surface area (Å²) in [5, 5.41) is 8.84. The average molecular weight is 534 g/mol. The highest BCUT2D eigenvalue weighted by molar-refractivity contribution is 6.05. The predicted molar refractivity (Wildman–Crippen MR) is 157 cm³/mol. The molecule has 9 heteroatoms. The minimum absolute atomic E-state index is 0.105. The van der Waals surface area contributed by atoms with Crippen molar-refractivity contribution in [2.45, 2.75) is 26.3 Å². The largest absolute Gasteiger partial charge is 0.493 e. The molecule has 5 N–H and O–H groups in total. The molecule has 1 atom stereocenters. The van der Waals surface area contributed by atoms with Gasteiger partial charge in [-0.25, -0.2) is 4.79 Å². The monoisotopic (exact) mass is 533 g/mol. The van der Waals surface area contributed by atoms with Crippen LogP contribution in [0, 0.1) is 5.41 Å². The maximum atomic E-state index is 13.1. The quantitative estimate of drug-likeness (QED) is 0.246. The Morgan fingerprint density at radius 3 is 2.21 bits per heavy atom. The van der Waals surface area contributed by atoms with Gasteiger partial charge in [-0.2, -0.15) is 0 Å². The summed E-state index contributed by atoms with van der Waals surface area (Å²) in [7, 11) is 7.16. The number of methoxy groups -OCH3 is 2. The van der Waals surface area contributed by atoms with Gasteiger partial charge in [-0.1, -0.05) is 38.1 Å². The van der Waals surface area contributed by atoms with Gasteiger partial charge in [0.05, 0.1) is 31.6 Å². The standard InChI is InChI=1S/C30H39N5O4/c1-30(2,19-35(3)4)18-25(34-29(37)32-22-15-16-26(38-5)27(17-22)39-6)20-11-13-21(14-12-20)28(36)33-24-10-8-7-9-23(24)31/h7-17,25H,18-19,31H2,1-6H3,(H,33,36)(H2,32,34,37). The van der Waals surface area contributed by atoms with Crippen LogP contribution < -0.4 is 31.2 Å². The lowest BCUT2D eigenvalue weighted by Crippen LogP contribution is -2.37. The molecule has 3 aromatic carbocycles. The van der Waals surface area contributed by atoms with Crippen molar-refractivity contribution in [1.29, 1.82) is 0 Å². The summed E-state index contributed by atoms with van der Waals surface area (Å²) in [6.45, 7) is 5.17. The van der Waals surface area contributed by atoms with Crippen molar-refractivity contribution in [3.8, 4) is 11.5 Å². The van der Waals surface area contributed by atoms with E-state index < -0.39 is 0 Å². The Morgan fingerprint density at radius 2 is 1.59 bits per heavy atom. The van der Waals surface area contributed by atoms with Gasteiger partial charge in [0.2, 0.25) is 0 Å². The Balaban J connectivity index is 1.79. The number of amides is 3. The van der Waals surface area contributed by atoms with Crippen LogP contribution in [-0.4, -0.2) is 51.7 Å². The zero-order valence-corrected chi connectivity index (χ0v) is 23.5. The number of urea groups is 1. The van der Waals surface area contributed by atoms with E-state index in [1.807, 2.05) is 38.4 Å². The van der Waals surface area contributed by atoms with Gasteiger partial charge in [-0.3, -0.25) is 4.79 Å². The molecule has 0 aliphatic carbocycles. The van der Waals surface area contributed by atoms with Crippen LogP contribution in [0.25, 0.3) is 0 Å². The molecule has 0 saturated heterocycles. The lowest BCUT2D eigenvalue weighted by Gasteiger charge is -2.33. The predicted octanol–water partition coefficient (Wildman–Crippen LogP) is 5.38. The molecule has 0 heterocycles. The number of nitrogens with one attached hydrogen (secondary N) is 3. The zero-order chi connectivity index (χ0) is 28.6. The first-order chi connectivity index (χ1) is 18.5. The van der Waals surface area contributed by atoms with Crippen LogP contribution in [0.1, 0.15) is 42.2 Å². The highest BCUT2D eigenvalue weighted by Crippen LogP contribution is 2.32. The van der Waals surface area contributed by atoms with E-state index in [0.29, 0.717) is 40.5 Å². The van der Waals surface area contributed by atoms with Crippen molar-refractivity contribution in [1.82, 2.24) is 10.2 Å². The summed E-state index contributed by atoms with van der Waals surface area (Å²) in [5.74, 6) is 0.832. The molecule has 0 aliphatic heterocycles. The number of nitrogens with zero attached hydrogens (tertiary/aromatic N) is 1. The summed E-state index contributed by atoms with van der Waals surface area (Å²) >= 11 is 0. The fourth-order valence-corrected chi connectivity index (χ4v) is 4.64. The van der Waals surface area contributed by atoms with Crippen LogP contribution in [-0.2, 0) is 0 Å². The van der Waals surface area contributed by atoms with Gasteiger partial charge in [0.1, 0.15) is 0 Å². The van der Waals surface area contributed by atoms with Crippen LogP contribution >= 0.6 is 0 Å². The lowest BCUT2D eigenvalue weighted by molar-refractivity contribution is 0.102. The van der Waals surface area contributed by atoms with Crippen LogP contribution in [0.5, 0.6) is 11.5 Å². The lowest BCUT2D eigenvalue weighted by atomic mass is 9.83. The first kappa shape index (κ1) is 29.3. The van der Waals surface area contributed by atoms with Gasteiger partial charge in [-0.15, -0.1) is 0 Å². The summed E-state index contributed by atoms with van der Waals surface area (Å²) in [4.78, 5) is 28.0. The van der Waals surface area contributed by atoms with Crippen molar-refractivity contribution in [3.63, 3.8) is 0 Å². The number of hydrogen-bond acceptors (Lipinski definition) is 6. The smallest absolute Gasteiger partial charge is 0.319 e. The molecule has 0 bridgehead atoms. The average Bonchev–Trinajstić information content (AvgIpc) is 2.88. The van der Waals surface area contributed by atoms with Gasteiger partial charge in [0.15, 0.2) is 11.5 Å². The molecule has 0 spiro atoms. The first-order valence-corrected chi connectivity index (χ1v) is 12.7. The number of nitrogens with two attached hydrogens (primary N) is 1. The van der Waals surface area contributed by atoms with E-state index in [0.717, 1.165) is 12.1 Å². The number of carbonyl (C=O) groups is 2. The molecule has 39 heavy (non-hydrogen) atoms. The van der Waals surface area contributed by atoms with Crippen LogP contribution in [0.4, 0.5) is 21.9 Å². The van der Waals surface area contributed by atoms with E-state index in [1.54, 1.807) is 56.7 Å². The SMILES string of the molecule is COc1ccc(NC(=O)NC(CC(C)(C)CN(C)C)c2ccc(C(=O)Nc3ccccc3N)cc2)cc1OC. The van der Waals surface area contributed by atoms with E-state index in [1.165, 1.54) is 0 Å². The van der Waals surface area contributed by atoms with Crippen molar-refractivity contribution in [3.05, 3.63) is 77.9 Å². The molecule has 208 valence electrons. The number of para-hydroxylation sites is 2. The molecule has 1 unspecified atom stereocenters. The minimum atomic E-state index is -0.353. The number of ether oxygens (including phenoxy) is 2. The molecule has 3 amide bonds. The van der Waals surface area contributed by atoms with Crippen molar-refractivity contribution < 1.29 is 19.1 Å². The molecule has 0 aliphatic rings. The molecule has 0 saturated carbocycles. The van der Waals surface area contributed by atoms with E-state index >= 15 is 0 Å². The number of rotatable bonds is 11. The van der Waals surface area contributed by atoms with Gasteiger partial charge in [-0.05, 0) is 67.9 Å². The molecule has 0 aromatic heterocycles. The molecule has 3 rings (SSSR count). The fraction of sp³-hybridized carbons (Fsp3) is 0.333. The third-order valence-corrected chi connectivity index (χ3v) is 6.23. The van der Waals surface area contributed by atoms with Gasteiger partial charge >= 0.3 is 6.03 Å². The van der Waals surface area contributed by atoms with E-state index in [2.05, 4.69) is 34.7 Å². The Morgan fingerprint density at radius 1 is 0.923 bits per heavy atom. The number of hydrogen-bond donors (Lipinski definition) is 4. The number of carbonyl (C=O) groups excluding carboxylic acids is 2. The molecular weight excluding hydrogens is 494 g/mol. The second kappa shape index (κ2) is 13.0. The zero-order valence-electron chi connectivity index (χ0n) is 23.5. The Bertz CT molecular complexity index is 1270. The summed E-state index contributed by atoms with van der Waals surface area (Å²) in [5.41, 5.74) is 8.86. The number of benzene rings is 3. The molecule has 0 fully saturated rings. The van der Waals surface area contributed by atoms with Crippen LogP contribution in [0.3, 0.4) is 0 Å². The first-order valence-electron chi connectivity index (χ1n) is 12.7. The van der Waals surface area contributed by atoms with Crippen molar-refractivity contribution in [2.24, 2.45) is 5.41 Å². The second-order valence-electron chi connectivity index (χ2n) is 10.5. The van der Waals surface area contributed by atoms with E-state index in [9.17, 15) is 9.59 Å². The Kier molecular flexibility index (Phi) is 9.78. The highest BCUT2D eigenvalue weighted by Gasteiger charge is 2.27. The van der Waals surface area contributed by atoms with Crippen LogP contribution in [0.15, 0.2) is 66.7 Å². The second-order valence-corrected chi connectivity index (χ2v) is 10.5. The Hall–Kier alpha value is -4.24. The Labute approximate surface area is 230 Å². The van der Waals surface area contributed by atoms with Crippen LogP contribution in [0.2, 0.25) is 0 Å². The minimum Gasteiger partial charge on any atom is -0.493 e. The fourth-order valence-electron chi connectivity index (χ4n) is 4.64. The molecular formula is C30H39N5O4.